The molecule has 0 saturated heterocycles. The minimum atomic E-state index is 0.417. The maximum absolute atomic E-state index is 10.5. The third-order valence-corrected chi connectivity index (χ3v) is 6.28. The summed E-state index contributed by atoms with van der Waals surface area (Å²) in [6, 6.07) is 28.2. The molecule has 5 rings (SSSR count). The molecule has 0 unspecified atom stereocenters. The van der Waals surface area contributed by atoms with Crippen molar-refractivity contribution in [3.05, 3.63) is 90.0 Å². The maximum atomic E-state index is 10.5. The fraction of sp³-hybridized carbons (Fsp3) is 0.172. The second kappa shape index (κ2) is 7.50. The Balaban J connectivity index is 1.90. The van der Waals surface area contributed by atoms with Crippen LogP contribution in [0.3, 0.4) is 0 Å². The third-order valence-electron chi connectivity index (χ3n) is 6.28. The summed E-state index contributed by atoms with van der Waals surface area (Å²) in [5, 5.41) is 18.2. The van der Waals surface area contributed by atoms with E-state index in [1.807, 2.05) is 6.07 Å². The molecule has 0 spiro atoms. The minimum Gasteiger partial charge on any atom is -0.508 e. The Morgan fingerprint density at radius 3 is 1.87 bits per heavy atom. The normalized spacial score (nSPS) is 11.5. The molecule has 0 bridgehead atoms. The summed E-state index contributed by atoms with van der Waals surface area (Å²) in [6.45, 7) is 4.29. The molecule has 148 valence electrons. The number of aromatic hydroxyl groups is 1. The fourth-order valence-corrected chi connectivity index (χ4v) is 4.78. The molecule has 5 aromatic carbocycles. The molecule has 0 aliphatic carbocycles. The van der Waals surface area contributed by atoms with Crippen LogP contribution in [-0.2, 0) is 6.42 Å². The predicted molar refractivity (Wildman–Crippen MR) is 129 cm³/mol. The first-order valence-electron chi connectivity index (χ1n) is 10.8. The van der Waals surface area contributed by atoms with Gasteiger partial charge in [0, 0.05) is 0 Å². The van der Waals surface area contributed by atoms with Gasteiger partial charge >= 0.3 is 0 Å². The molecule has 1 heteroatoms. The summed E-state index contributed by atoms with van der Waals surface area (Å²) in [5.74, 6) is 0.417. The molecule has 0 aliphatic rings. The molecule has 0 aliphatic heterocycles. The Bertz CT molecular complexity index is 1350. The Hall–Kier alpha value is -3.32. The first-order valence-corrected chi connectivity index (χ1v) is 10.8. The van der Waals surface area contributed by atoms with Crippen LogP contribution in [0.5, 0.6) is 5.75 Å². The average molecular weight is 391 g/mol. The lowest BCUT2D eigenvalue weighted by Gasteiger charge is -2.17. The van der Waals surface area contributed by atoms with Gasteiger partial charge in [0.15, 0.2) is 0 Å². The molecule has 1 N–H and O–H groups in total. The Kier molecular flexibility index (Phi) is 4.67. The number of rotatable bonds is 4. The van der Waals surface area contributed by atoms with Crippen LogP contribution in [0, 0.1) is 6.92 Å². The molecule has 1 nitrogen and oxygen atoms in total. The van der Waals surface area contributed by atoms with Crippen molar-refractivity contribution < 1.29 is 5.11 Å². The van der Waals surface area contributed by atoms with Gasteiger partial charge in [0.25, 0.3) is 0 Å². The van der Waals surface area contributed by atoms with Crippen LogP contribution in [0.4, 0.5) is 0 Å². The minimum absolute atomic E-state index is 0.417. The smallest absolute Gasteiger partial charge is 0.119 e. The number of benzene rings is 5. The molecule has 5 aromatic rings. The number of hydrogen-bond acceptors (Lipinski definition) is 1. The third kappa shape index (κ3) is 2.93. The van der Waals surface area contributed by atoms with Crippen molar-refractivity contribution >= 4 is 32.3 Å². The van der Waals surface area contributed by atoms with E-state index in [1.54, 1.807) is 0 Å². The quantitative estimate of drug-likeness (QED) is 0.307. The van der Waals surface area contributed by atoms with Crippen molar-refractivity contribution in [2.75, 3.05) is 0 Å². The lowest BCUT2D eigenvalue weighted by molar-refractivity contribution is 0.466. The molecular formula is C29H26O. The number of hydrogen-bond donors (Lipinski definition) is 1. The average Bonchev–Trinajstić information content (AvgIpc) is 2.78. The Labute approximate surface area is 177 Å². The highest BCUT2D eigenvalue weighted by molar-refractivity contribution is 6.28. The first kappa shape index (κ1) is 18.7. The van der Waals surface area contributed by atoms with Gasteiger partial charge in [0.1, 0.15) is 5.75 Å². The molecule has 0 fully saturated rings. The number of aryl methyl sites for hydroxylation is 2. The molecule has 0 heterocycles. The number of fused-ring (bicyclic) bond motifs is 6. The number of phenols is 1. The number of unbranched alkanes of at least 4 members (excludes halogenated alkanes) is 1. The van der Waals surface area contributed by atoms with E-state index in [-0.39, 0.29) is 0 Å². The molecule has 0 amide bonds. The zero-order valence-corrected chi connectivity index (χ0v) is 17.6. The highest BCUT2D eigenvalue weighted by atomic mass is 16.3. The molecule has 0 atom stereocenters. The van der Waals surface area contributed by atoms with Gasteiger partial charge in [-0.15, -0.1) is 0 Å². The SMILES string of the molecule is CCCCc1cc(-c2cccc3c4ccccc4c4ccccc4c23)c(C)cc1O. The van der Waals surface area contributed by atoms with Crippen LogP contribution < -0.4 is 0 Å². The van der Waals surface area contributed by atoms with Gasteiger partial charge < -0.3 is 5.11 Å². The highest BCUT2D eigenvalue weighted by Crippen LogP contribution is 2.41. The van der Waals surface area contributed by atoms with Crippen LogP contribution in [0.15, 0.2) is 78.9 Å². The summed E-state index contributed by atoms with van der Waals surface area (Å²) in [4.78, 5) is 0. The van der Waals surface area contributed by atoms with Crippen LogP contribution in [0.1, 0.15) is 30.9 Å². The van der Waals surface area contributed by atoms with E-state index in [1.165, 1.54) is 43.4 Å². The summed E-state index contributed by atoms with van der Waals surface area (Å²) in [5.41, 5.74) is 4.60. The van der Waals surface area contributed by atoms with Gasteiger partial charge in [-0.25, -0.2) is 0 Å². The van der Waals surface area contributed by atoms with E-state index >= 15 is 0 Å². The summed E-state index contributed by atoms with van der Waals surface area (Å²) < 4.78 is 0. The van der Waals surface area contributed by atoms with E-state index in [9.17, 15) is 5.11 Å². The largest absolute Gasteiger partial charge is 0.508 e. The van der Waals surface area contributed by atoms with Crippen molar-refractivity contribution in [2.45, 2.75) is 33.1 Å². The van der Waals surface area contributed by atoms with Crippen molar-refractivity contribution in [1.82, 2.24) is 0 Å². The predicted octanol–water partition coefficient (Wildman–Crippen LogP) is 8.17. The van der Waals surface area contributed by atoms with Crippen LogP contribution in [0.25, 0.3) is 43.4 Å². The van der Waals surface area contributed by atoms with Crippen LogP contribution >= 0.6 is 0 Å². The van der Waals surface area contributed by atoms with Crippen molar-refractivity contribution in [1.29, 1.82) is 0 Å². The molecule has 0 radical (unpaired) electrons. The monoisotopic (exact) mass is 390 g/mol. The second-order valence-corrected chi connectivity index (χ2v) is 8.22. The van der Waals surface area contributed by atoms with Crippen molar-refractivity contribution in [2.24, 2.45) is 0 Å². The van der Waals surface area contributed by atoms with Crippen LogP contribution in [-0.4, -0.2) is 5.11 Å². The number of phenolic OH excluding ortho intramolecular Hbond substituents is 1. The van der Waals surface area contributed by atoms with E-state index in [4.69, 9.17) is 0 Å². The van der Waals surface area contributed by atoms with E-state index in [0.717, 1.165) is 30.4 Å². The summed E-state index contributed by atoms with van der Waals surface area (Å²) in [6.07, 6.45) is 3.11. The molecule has 0 saturated carbocycles. The van der Waals surface area contributed by atoms with E-state index in [0.29, 0.717) is 5.75 Å². The van der Waals surface area contributed by atoms with Crippen molar-refractivity contribution in [3.8, 4) is 16.9 Å². The van der Waals surface area contributed by atoms with Gasteiger partial charge in [-0.1, -0.05) is 80.1 Å². The summed E-state index contributed by atoms with van der Waals surface area (Å²) in [7, 11) is 0. The van der Waals surface area contributed by atoms with E-state index in [2.05, 4.69) is 86.6 Å². The summed E-state index contributed by atoms with van der Waals surface area (Å²) >= 11 is 0. The fourth-order valence-electron chi connectivity index (χ4n) is 4.78. The lowest BCUT2D eigenvalue weighted by atomic mass is 9.87. The molecule has 30 heavy (non-hydrogen) atoms. The Morgan fingerprint density at radius 2 is 1.23 bits per heavy atom. The molecule has 0 aromatic heterocycles. The second-order valence-electron chi connectivity index (χ2n) is 8.22. The zero-order chi connectivity index (χ0) is 20.7. The highest BCUT2D eigenvalue weighted by Gasteiger charge is 2.15. The van der Waals surface area contributed by atoms with Gasteiger partial charge in [0.05, 0.1) is 0 Å². The first-order chi connectivity index (χ1) is 14.7. The van der Waals surface area contributed by atoms with Crippen molar-refractivity contribution in [3.63, 3.8) is 0 Å². The maximum Gasteiger partial charge on any atom is 0.119 e. The van der Waals surface area contributed by atoms with Gasteiger partial charge in [-0.3, -0.25) is 0 Å². The van der Waals surface area contributed by atoms with Gasteiger partial charge in [0.2, 0.25) is 0 Å². The van der Waals surface area contributed by atoms with Crippen LogP contribution in [0.2, 0.25) is 0 Å². The Morgan fingerprint density at radius 1 is 0.667 bits per heavy atom. The van der Waals surface area contributed by atoms with Gasteiger partial charge in [-0.2, -0.15) is 0 Å². The molecular weight excluding hydrogens is 364 g/mol. The standard InChI is InChI=1S/C29H26O/c1-3-4-10-20-18-27(19(2)17-28(20)30)26-16-9-15-25-23-12-6-5-11-21(23)22-13-7-8-14-24(22)29(25)26/h5-9,11-18,30H,3-4,10H2,1-2H3. The van der Waals surface area contributed by atoms with E-state index < -0.39 is 0 Å². The zero-order valence-electron chi connectivity index (χ0n) is 17.6. The lowest BCUT2D eigenvalue weighted by Crippen LogP contribution is -1.93. The van der Waals surface area contributed by atoms with Gasteiger partial charge in [-0.05, 0) is 86.5 Å². The topological polar surface area (TPSA) is 20.2 Å².